The molecule has 3 aromatic carbocycles. The third kappa shape index (κ3) is 8.23. The zero-order chi connectivity index (χ0) is 31.4. The molecule has 0 saturated carbocycles. The van der Waals surface area contributed by atoms with Crippen LogP contribution in [0.2, 0.25) is 0 Å². The van der Waals surface area contributed by atoms with Gasteiger partial charge in [0.2, 0.25) is 10.0 Å². The Morgan fingerprint density at radius 3 is 2.23 bits per heavy atom. The van der Waals surface area contributed by atoms with Crippen molar-refractivity contribution in [3.8, 4) is 22.6 Å². The number of nitrogens with one attached hydrogen (secondary N) is 3. The second kappa shape index (κ2) is 12.3. The first-order valence-corrected chi connectivity index (χ1v) is 14.3. The summed E-state index contributed by atoms with van der Waals surface area (Å²) in [5, 5.41) is 5.76. The van der Waals surface area contributed by atoms with E-state index in [1.807, 2.05) is 0 Å². The van der Waals surface area contributed by atoms with Crippen molar-refractivity contribution in [1.82, 2.24) is 9.71 Å². The first kappa shape index (κ1) is 31.3. The fourth-order valence-electron chi connectivity index (χ4n) is 4.13. The minimum absolute atomic E-state index is 0.0173. The summed E-state index contributed by atoms with van der Waals surface area (Å²) in [6.07, 6.45) is -3.38. The number of carbonyl (C=O) groups is 1. The molecule has 226 valence electrons. The first-order chi connectivity index (χ1) is 20.1. The number of nitrogens with zero attached hydrogens (tertiary/aromatic N) is 1. The Labute approximate surface area is 247 Å². The van der Waals surface area contributed by atoms with Gasteiger partial charge in [-0.15, -0.1) is 13.2 Å². The van der Waals surface area contributed by atoms with Crippen LogP contribution >= 0.6 is 0 Å². The van der Waals surface area contributed by atoms with E-state index in [0.29, 0.717) is 11.4 Å². The summed E-state index contributed by atoms with van der Waals surface area (Å²) in [6.45, 7) is 5.11. The molecule has 0 aliphatic heterocycles. The Kier molecular flexibility index (Phi) is 8.97. The molecule has 0 saturated heterocycles. The fourth-order valence-corrected chi connectivity index (χ4v) is 5.70. The lowest BCUT2D eigenvalue weighted by Crippen LogP contribution is -2.40. The van der Waals surface area contributed by atoms with Crippen LogP contribution in [-0.2, 0) is 10.0 Å². The van der Waals surface area contributed by atoms with Gasteiger partial charge < -0.3 is 20.1 Å². The highest BCUT2D eigenvalue weighted by atomic mass is 32.2. The highest BCUT2D eigenvalue weighted by Gasteiger charge is 2.32. The molecule has 1 aromatic heterocycles. The van der Waals surface area contributed by atoms with E-state index in [-0.39, 0.29) is 33.1 Å². The number of anilines is 3. The van der Waals surface area contributed by atoms with E-state index >= 15 is 0 Å². The molecular formula is C30H29F3N4O5S. The van der Waals surface area contributed by atoms with Crippen LogP contribution in [-0.4, -0.2) is 38.3 Å². The van der Waals surface area contributed by atoms with Crippen molar-refractivity contribution < 1.29 is 35.9 Å². The van der Waals surface area contributed by atoms with Crippen molar-refractivity contribution in [2.24, 2.45) is 0 Å². The fraction of sp³-hybridized carbons (Fsp3) is 0.200. The second-order valence-electron chi connectivity index (χ2n) is 10.3. The molecule has 0 fully saturated rings. The monoisotopic (exact) mass is 614 g/mol. The van der Waals surface area contributed by atoms with Crippen LogP contribution in [0.3, 0.4) is 0 Å². The summed E-state index contributed by atoms with van der Waals surface area (Å²) in [4.78, 5) is 17.4. The molecule has 1 heterocycles. The van der Waals surface area contributed by atoms with Crippen molar-refractivity contribution in [2.45, 2.75) is 37.6 Å². The average molecular weight is 615 g/mol. The van der Waals surface area contributed by atoms with Crippen LogP contribution in [0.1, 0.15) is 31.1 Å². The Hall–Kier alpha value is -4.62. The molecule has 0 atom stereocenters. The van der Waals surface area contributed by atoms with Crippen molar-refractivity contribution in [3.63, 3.8) is 0 Å². The summed E-state index contributed by atoms with van der Waals surface area (Å²) >= 11 is 0. The number of ether oxygens (including phenoxy) is 2. The van der Waals surface area contributed by atoms with Gasteiger partial charge in [-0.3, -0.25) is 4.79 Å². The zero-order valence-electron chi connectivity index (χ0n) is 23.6. The smallest absolute Gasteiger partial charge is 0.495 e. The first-order valence-electron chi connectivity index (χ1n) is 12.9. The molecule has 0 bridgehead atoms. The molecule has 0 aliphatic rings. The van der Waals surface area contributed by atoms with Crippen molar-refractivity contribution in [1.29, 1.82) is 0 Å². The van der Waals surface area contributed by atoms with Gasteiger partial charge in [-0.25, -0.2) is 18.1 Å². The quantitative estimate of drug-likeness (QED) is 0.191. The molecule has 0 aliphatic carbocycles. The molecule has 0 spiro atoms. The number of alkyl halides is 3. The predicted octanol–water partition coefficient (Wildman–Crippen LogP) is 6.73. The van der Waals surface area contributed by atoms with E-state index in [2.05, 4.69) is 25.1 Å². The lowest BCUT2D eigenvalue weighted by atomic mass is 10.00. The number of benzene rings is 3. The lowest BCUT2D eigenvalue weighted by Gasteiger charge is -2.21. The summed E-state index contributed by atoms with van der Waals surface area (Å²) in [6, 6.07) is 19.3. The van der Waals surface area contributed by atoms with Gasteiger partial charge >= 0.3 is 6.36 Å². The minimum Gasteiger partial charge on any atom is -0.495 e. The molecule has 4 aromatic rings. The number of hydrogen-bond acceptors (Lipinski definition) is 7. The van der Waals surface area contributed by atoms with E-state index in [4.69, 9.17) is 4.74 Å². The highest BCUT2D eigenvalue weighted by Crippen LogP contribution is 2.39. The van der Waals surface area contributed by atoms with Crippen molar-refractivity contribution in [2.75, 3.05) is 17.7 Å². The summed E-state index contributed by atoms with van der Waals surface area (Å²) < 4.78 is 77.2. The number of carbonyl (C=O) groups excluding carboxylic acids is 1. The Morgan fingerprint density at radius 2 is 1.58 bits per heavy atom. The van der Waals surface area contributed by atoms with Gasteiger partial charge in [0.1, 0.15) is 22.2 Å². The Morgan fingerprint density at radius 1 is 0.860 bits per heavy atom. The molecule has 3 N–H and O–H groups in total. The number of amides is 1. The molecular weight excluding hydrogens is 585 g/mol. The molecule has 13 heteroatoms. The molecule has 43 heavy (non-hydrogen) atoms. The number of pyridine rings is 1. The third-order valence-corrected chi connectivity index (χ3v) is 7.56. The van der Waals surface area contributed by atoms with Gasteiger partial charge in [0.05, 0.1) is 7.11 Å². The van der Waals surface area contributed by atoms with E-state index in [1.54, 1.807) is 45.0 Å². The van der Waals surface area contributed by atoms with Gasteiger partial charge in [0.15, 0.2) is 0 Å². The summed E-state index contributed by atoms with van der Waals surface area (Å²) in [7, 11) is -2.61. The molecule has 9 nitrogen and oxygen atoms in total. The predicted molar refractivity (Wildman–Crippen MR) is 157 cm³/mol. The standard InChI is InChI=1S/C30H29F3N4O5S/c1-29(2,3)37-43(39,40)26-15-13-20(18-25(26)41-4)35-28(38)19-12-14-21(23(17-19)36-27-11-7-8-16-34-27)22-9-5-6-10-24(22)42-30(31,32)33/h5-18,37H,1-4H3,(H,34,36)(H,35,38). The average Bonchev–Trinajstić information content (AvgIpc) is 2.91. The van der Waals surface area contributed by atoms with Crippen LogP contribution < -0.4 is 24.8 Å². The van der Waals surface area contributed by atoms with E-state index in [9.17, 15) is 26.4 Å². The molecule has 4 rings (SSSR count). The maximum atomic E-state index is 13.3. The van der Waals surface area contributed by atoms with Gasteiger partial charge in [-0.05, 0) is 63.2 Å². The van der Waals surface area contributed by atoms with Gasteiger partial charge in [0.25, 0.3) is 5.91 Å². The number of hydrogen-bond donors (Lipinski definition) is 3. The SMILES string of the molecule is COc1cc(NC(=O)c2ccc(-c3ccccc3OC(F)(F)F)c(Nc3ccccn3)c2)ccc1S(=O)(=O)NC(C)(C)C. The zero-order valence-corrected chi connectivity index (χ0v) is 24.4. The van der Waals surface area contributed by atoms with Crippen molar-refractivity contribution in [3.05, 3.63) is 90.6 Å². The number of halogens is 3. The number of rotatable bonds is 9. The summed E-state index contributed by atoms with van der Waals surface area (Å²) in [5.74, 6) is -0.579. The van der Waals surface area contributed by atoms with Crippen LogP contribution in [0.25, 0.3) is 11.1 Å². The number of methoxy groups -OCH3 is 1. The Balaban J connectivity index is 1.69. The van der Waals surface area contributed by atoms with E-state index in [1.165, 1.54) is 67.9 Å². The molecule has 0 radical (unpaired) electrons. The minimum atomic E-state index is -4.91. The largest absolute Gasteiger partial charge is 0.573 e. The second-order valence-corrected chi connectivity index (χ2v) is 12.0. The van der Waals surface area contributed by atoms with E-state index in [0.717, 1.165) is 0 Å². The number of sulfonamides is 1. The topological polar surface area (TPSA) is 119 Å². The van der Waals surface area contributed by atoms with Crippen LogP contribution in [0.5, 0.6) is 11.5 Å². The summed E-state index contributed by atoms with van der Waals surface area (Å²) in [5.41, 5.74) is 0.422. The number of para-hydroxylation sites is 1. The maximum Gasteiger partial charge on any atom is 0.573 e. The number of aromatic nitrogens is 1. The Bertz CT molecular complexity index is 1720. The third-order valence-electron chi connectivity index (χ3n) is 5.76. The molecule has 1 amide bonds. The van der Waals surface area contributed by atoms with Gasteiger partial charge in [-0.1, -0.05) is 30.3 Å². The lowest BCUT2D eigenvalue weighted by molar-refractivity contribution is -0.274. The maximum absolute atomic E-state index is 13.3. The molecule has 0 unspecified atom stereocenters. The van der Waals surface area contributed by atoms with E-state index < -0.39 is 33.6 Å². The van der Waals surface area contributed by atoms with Gasteiger partial charge in [-0.2, -0.15) is 0 Å². The van der Waals surface area contributed by atoms with Crippen LogP contribution in [0.15, 0.2) is 90.0 Å². The van der Waals surface area contributed by atoms with Crippen molar-refractivity contribution >= 4 is 33.1 Å². The van der Waals surface area contributed by atoms with Gasteiger partial charge in [0, 0.05) is 45.9 Å². The highest BCUT2D eigenvalue weighted by molar-refractivity contribution is 7.89. The normalized spacial score (nSPS) is 12.0. The van der Waals surface area contributed by atoms with Crippen LogP contribution in [0, 0.1) is 0 Å². The van der Waals surface area contributed by atoms with Crippen LogP contribution in [0.4, 0.5) is 30.4 Å².